The fourth-order valence-electron chi connectivity index (χ4n) is 4.06. The van der Waals surface area contributed by atoms with Crippen molar-refractivity contribution in [2.75, 3.05) is 13.7 Å². The Morgan fingerprint density at radius 3 is 1.88 bits per heavy atom. The van der Waals surface area contributed by atoms with Gasteiger partial charge in [0.25, 0.3) is 20.2 Å². The molecular weight excluding hydrogens is 576 g/mol. The van der Waals surface area contributed by atoms with Gasteiger partial charge in [-0.1, -0.05) is 53.6 Å². The van der Waals surface area contributed by atoms with Crippen LogP contribution in [0.3, 0.4) is 0 Å². The Morgan fingerprint density at radius 2 is 1.34 bits per heavy atom. The van der Waals surface area contributed by atoms with E-state index in [1.54, 1.807) is 56.3 Å². The molecule has 3 aromatic rings. The number of aryl methyl sites for hydroxylation is 2. The number of rotatable bonds is 10. The molecule has 0 saturated carbocycles. The van der Waals surface area contributed by atoms with Gasteiger partial charge in [0.15, 0.2) is 18.5 Å². The first kappa shape index (κ1) is 30.8. The SMILES string of the molecule is CO[C@H]1O[C@H](COS(=O)(=O)c2ccc(C)cc2)[C@@H](O)[C@H](OC(=O)c2ccccc2)[C@H]1OS(=O)(=O)c1ccc(C)cc1. The van der Waals surface area contributed by atoms with Gasteiger partial charge in [0, 0.05) is 7.11 Å². The van der Waals surface area contributed by atoms with Crippen LogP contribution in [0.15, 0.2) is 88.7 Å². The summed E-state index contributed by atoms with van der Waals surface area (Å²) in [6.45, 7) is 2.88. The summed E-state index contributed by atoms with van der Waals surface area (Å²) in [4.78, 5) is 12.7. The third-order valence-corrected chi connectivity index (χ3v) is 8.97. The van der Waals surface area contributed by atoms with Crippen LogP contribution in [0.5, 0.6) is 0 Å². The Hall–Kier alpha value is -3.17. The zero-order valence-corrected chi connectivity index (χ0v) is 24.1. The number of carbonyl (C=O) groups excluding carboxylic acids is 1. The molecule has 1 fully saturated rings. The molecule has 0 amide bonds. The highest BCUT2D eigenvalue weighted by Gasteiger charge is 2.51. The van der Waals surface area contributed by atoms with E-state index < -0.39 is 63.5 Å². The standard InChI is InChI=1S/C28H30O11S2/c1-18-9-13-21(14-10-18)40(31,32)36-17-23-24(29)25(38-27(30)20-7-5-4-6-8-20)26(28(35-3)37-23)39-41(33,34)22-15-11-19(2)12-16-22/h4-16,23-26,28-29H,17H2,1-3H3/t23-,24-,25+,26-,28+/m1/s1. The molecule has 0 spiro atoms. The molecule has 13 heteroatoms. The summed E-state index contributed by atoms with van der Waals surface area (Å²) in [5.74, 6) is -0.889. The van der Waals surface area contributed by atoms with Gasteiger partial charge >= 0.3 is 5.97 Å². The molecule has 0 unspecified atom stereocenters. The third-order valence-electron chi connectivity index (χ3n) is 6.35. The molecule has 11 nitrogen and oxygen atoms in total. The maximum absolute atomic E-state index is 13.1. The van der Waals surface area contributed by atoms with Gasteiger partial charge in [-0.15, -0.1) is 0 Å². The van der Waals surface area contributed by atoms with Crippen LogP contribution in [0.2, 0.25) is 0 Å². The van der Waals surface area contributed by atoms with Crippen molar-refractivity contribution in [3.63, 3.8) is 0 Å². The highest BCUT2D eigenvalue weighted by molar-refractivity contribution is 7.87. The number of benzene rings is 3. The summed E-state index contributed by atoms with van der Waals surface area (Å²) >= 11 is 0. The van der Waals surface area contributed by atoms with Gasteiger partial charge in [-0.2, -0.15) is 16.8 Å². The first-order valence-electron chi connectivity index (χ1n) is 12.5. The summed E-state index contributed by atoms with van der Waals surface area (Å²) in [5, 5.41) is 11.2. The largest absolute Gasteiger partial charge is 0.453 e. The number of aliphatic hydroxyl groups is 1. The third kappa shape index (κ3) is 7.38. The van der Waals surface area contributed by atoms with Crippen LogP contribution in [-0.2, 0) is 42.8 Å². The second-order valence-corrected chi connectivity index (χ2v) is 12.6. The van der Waals surface area contributed by atoms with E-state index in [-0.39, 0.29) is 15.4 Å². The average Bonchev–Trinajstić information content (AvgIpc) is 2.95. The molecule has 1 aliphatic heterocycles. The predicted molar refractivity (Wildman–Crippen MR) is 145 cm³/mol. The lowest BCUT2D eigenvalue weighted by molar-refractivity contribution is -0.286. The van der Waals surface area contributed by atoms with E-state index in [0.717, 1.165) is 11.1 Å². The number of aliphatic hydroxyl groups excluding tert-OH is 1. The second kappa shape index (κ2) is 12.8. The van der Waals surface area contributed by atoms with Crippen LogP contribution in [-0.4, -0.2) is 72.3 Å². The summed E-state index contributed by atoms with van der Waals surface area (Å²) < 4.78 is 78.9. The summed E-state index contributed by atoms with van der Waals surface area (Å²) in [6, 6.07) is 19.6. The normalized spacial score (nSPS) is 23.2. The molecule has 3 aromatic carbocycles. The average molecular weight is 607 g/mol. The van der Waals surface area contributed by atoms with Crippen molar-refractivity contribution < 1.29 is 49.3 Å². The molecule has 0 radical (unpaired) electrons. The van der Waals surface area contributed by atoms with Crippen LogP contribution >= 0.6 is 0 Å². The van der Waals surface area contributed by atoms with E-state index in [4.69, 9.17) is 22.6 Å². The number of hydrogen-bond donors (Lipinski definition) is 1. The molecule has 1 heterocycles. The second-order valence-electron chi connectivity index (χ2n) is 9.38. The molecule has 220 valence electrons. The van der Waals surface area contributed by atoms with E-state index >= 15 is 0 Å². The van der Waals surface area contributed by atoms with E-state index in [1.165, 1.54) is 43.5 Å². The molecule has 0 aliphatic carbocycles. The van der Waals surface area contributed by atoms with Crippen molar-refractivity contribution in [1.82, 2.24) is 0 Å². The van der Waals surface area contributed by atoms with Gasteiger partial charge in [0.05, 0.1) is 22.0 Å². The summed E-state index contributed by atoms with van der Waals surface area (Å²) in [5.41, 5.74) is 1.77. The minimum atomic E-state index is -4.46. The lowest BCUT2D eigenvalue weighted by atomic mass is 9.99. The molecule has 41 heavy (non-hydrogen) atoms. The van der Waals surface area contributed by atoms with E-state index in [0.29, 0.717) is 0 Å². The molecular formula is C28H30O11S2. The van der Waals surface area contributed by atoms with Crippen LogP contribution in [0, 0.1) is 13.8 Å². The molecule has 1 N–H and O–H groups in total. The Balaban J connectivity index is 1.62. The first-order chi connectivity index (χ1) is 19.4. The van der Waals surface area contributed by atoms with Gasteiger partial charge in [-0.05, 0) is 50.2 Å². The Bertz CT molecular complexity index is 1540. The fraction of sp³-hybridized carbons (Fsp3) is 0.321. The van der Waals surface area contributed by atoms with E-state index in [1.807, 2.05) is 0 Å². The Labute approximate surface area is 238 Å². The smallest absolute Gasteiger partial charge is 0.338 e. The Morgan fingerprint density at radius 1 is 0.805 bits per heavy atom. The van der Waals surface area contributed by atoms with E-state index in [9.17, 15) is 26.7 Å². The van der Waals surface area contributed by atoms with Gasteiger partial charge in [-0.3, -0.25) is 8.37 Å². The zero-order valence-electron chi connectivity index (χ0n) is 22.4. The minimum Gasteiger partial charge on any atom is -0.453 e. The van der Waals surface area contributed by atoms with Crippen molar-refractivity contribution in [3.8, 4) is 0 Å². The van der Waals surface area contributed by atoms with Crippen LogP contribution in [0.25, 0.3) is 0 Å². The highest BCUT2D eigenvalue weighted by atomic mass is 32.2. The lowest BCUT2D eigenvalue weighted by Gasteiger charge is -2.42. The number of esters is 1. The van der Waals surface area contributed by atoms with Gasteiger partial charge in [0.2, 0.25) is 0 Å². The maximum atomic E-state index is 13.1. The quantitative estimate of drug-likeness (QED) is 0.268. The van der Waals surface area contributed by atoms with Gasteiger partial charge < -0.3 is 19.3 Å². The topological polar surface area (TPSA) is 152 Å². The number of carbonyl (C=O) groups is 1. The molecule has 4 rings (SSSR count). The van der Waals surface area contributed by atoms with Crippen molar-refractivity contribution in [1.29, 1.82) is 0 Å². The number of hydrogen-bond acceptors (Lipinski definition) is 11. The van der Waals surface area contributed by atoms with Gasteiger partial charge in [0.1, 0.15) is 12.2 Å². The highest BCUT2D eigenvalue weighted by Crippen LogP contribution is 2.31. The molecule has 1 aliphatic rings. The molecule has 5 atom stereocenters. The zero-order chi connectivity index (χ0) is 29.8. The first-order valence-corrected chi connectivity index (χ1v) is 15.3. The summed E-state index contributed by atoms with van der Waals surface area (Å²) in [6.07, 6.45) is -8.05. The van der Waals surface area contributed by atoms with Gasteiger partial charge in [-0.25, -0.2) is 4.79 Å². The summed E-state index contributed by atoms with van der Waals surface area (Å²) in [7, 11) is -7.53. The minimum absolute atomic E-state index is 0.117. The van der Waals surface area contributed by atoms with Crippen LogP contribution < -0.4 is 0 Å². The number of ether oxygens (including phenoxy) is 3. The van der Waals surface area contributed by atoms with Crippen molar-refractivity contribution >= 4 is 26.2 Å². The fourth-order valence-corrected chi connectivity index (χ4v) is 6.05. The van der Waals surface area contributed by atoms with Crippen molar-refractivity contribution in [2.24, 2.45) is 0 Å². The maximum Gasteiger partial charge on any atom is 0.338 e. The monoisotopic (exact) mass is 606 g/mol. The van der Waals surface area contributed by atoms with Crippen LogP contribution in [0.1, 0.15) is 21.5 Å². The molecule has 1 saturated heterocycles. The molecule has 0 aromatic heterocycles. The van der Waals surface area contributed by atoms with Crippen molar-refractivity contribution in [3.05, 3.63) is 95.6 Å². The lowest BCUT2D eigenvalue weighted by Crippen LogP contribution is -2.61. The van der Waals surface area contributed by atoms with Crippen molar-refractivity contribution in [2.45, 2.75) is 54.3 Å². The van der Waals surface area contributed by atoms with Crippen LogP contribution in [0.4, 0.5) is 0 Å². The number of methoxy groups -OCH3 is 1. The van der Waals surface area contributed by atoms with E-state index in [2.05, 4.69) is 0 Å². The predicted octanol–water partition coefficient (Wildman–Crippen LogP) is 2.74. The molecule has 0 bridgehead atoms. The Kier molecular flexibility index (Phi) is 9.59.